The second kappa shape index (κ2) is 7.04. The molecule has 0 atom stereocenters. The Balaban J connectivity index is 2.10. The molecule has 2 rings (SSSR count). The van der Waals surface area contributed by atoms with Gasteiger partial charge in [-0.2, -0.15) is 0 Å². The summed E-state index contributed by atoms with van der Waals surface area (Å²) in [5.74, 6) is -0.110. The van der Waals surface area contributed by atoms with Crippen molar-refractivity contribution >= 4 is 23.8 Å². The lowest BCUT2D eigenvalue weighted by Gasteiger charge is -2.19. The van der Waals surface area contributed by atoms with Crippen LogP contribution in [0.3, 0.4) is 0 Å². The summed E-state index contributed by atoms with van der Waals surface area (Å²) in [5.41, 5.74) is 0.175. The van der Waals surface area contributed by atoms with Crippen molar-refractivity contribution in [2.24, 2.45) is 5.41 Å². The van der Waals surface area contributed by atoms with Gasteiger partial charge >= 0.3 is 6.09 Å². The van der Waals surface area contributed by atoms with Gasteiger partial charge in [0.2, 0.25) is 0 Å². The van der Waals surface area contributed by atoms with Gasteiger partial charge in [-0.15, -0.1) is 0 Å². The number of allylic oxidation sites excluding steroid dienone is 1. The van der Waals surface area contributed by atoms with Crippen LogP contribution in [0.25, 0.3) is 0 Å². The molecular formula is C18H24N4O3. The van der Waals surface area contributed by atoms with Crippen LogP contribution in [0.15, 0.2) is 30.1 Å². The van der Waals surface area contributed by atoms with Crippen molar-refractivity contribution in [3.8, 4) is 0 Å². The summed E-state index contributed by atoms with van der Waals surface area (Å²) in [5, 5.41) is 13.0. The number of ketones is 1. The number of ether oxygens (including phenoxy) is 1. The molecule has 1 aliphatic rings. The summed E-state index contributed by atoms with van der Waals surface area (Å²) in [6.07, 6.45) is 5.15. The predicted octanol–water partition coefficient (Wildman–Crippen LogP) is 3.14. The van der Waals surface area contributed by atoms with Gasteiger partial charge < -0.3 is 15.5 Å². The van der Waals surface area contributed by atoms with E-state index in [9.17, 15) is 9.59 Å². The monoisotopic (exact) mass is 344 g/mol. The van der Waals surface area contributed by atoms with Crippen LogP contribution in [0, 0.1) is 10.8 Å². The standard InChI is InChI=1S/C18H24N4O3/c1-17(2,3)25-16(24)22-13-5-6-14(21-11-13)15(23)18(7-8-18)12(9-19)10-20-4/h5-6,9-11,19-20H,7-8H2,1-4H3,(H,22,24)/b12-10+,19-9?. The first-order valence-corrected chi connectivity index (χ1v) is 8.11. The third kappa shape index (κ3) is 4.43. The van der Waals surface area contributed by atoms with Crippen LogP contribution >= 0.6 is 0 Å². The highest BCUT2D eigenvalue weighted by molar-refractivity contribution is 6.07. The average molecular weight is 344 g/mol. The lowest BCUT2D eigenvalue weighted by molar-refractivity contribution is 0.0635. The maximum atomic E-state index is 12.8. The molecule has 0 aliphatic heterocycles. The van der Waals surface area contributed by atoms with E-state index in [0.29, 0.717) is 29.8 Å². The Hall–Kier alpha value is -2.70. The lowest BCUT2D eigenvalue weighted by Crippen LogP contribution is -2.27. The first-order chi connectivity index (χ1) is 11.7. The molecule has 0 bridgehead atoms. The largest absolute Gasteiger partial charge is 0.444 e. The van der Waals surface area contributed by atoms with Crippen LogP contribution in [0.4, 0.5) is 10.5 Å². The number of hydrogen-bond acceptors (Lipinski definition) is 6. The Labute approximate surface area is 147 Å². The number of pyridine rings is 1. The van der Waals surface area contributed by atoms with Crippen molar-refractivity contribution in [1.29, 1.82) is 5.41 Å². The van der Waals surface area contributed by atoms with Crippen LogP contribution in [0.5, 0.6) is 0 Å². The molecule has 134 valence electrons. The van der Waals surface area contributed by atoms with Crippen molar-refractivity contribution in [2.75, 3.05) is 12.4 Å². The normalized spacial score (nSPS) is 15.9. The molecule has 0 aromatic carbocycles. The fourth-order valence-corrected chi connectivity index (χ4v) is 2.51. The summed E-state index contributed by atoms with van der Waals surface area (Å²) in [7, 11) is 1.74. The van der Waals surface area contributed by atoms with Gasteiger partial charge in [-0.05, 0) is 51.3 Å². The van der Waals surface area contributed by atoms with E-state index in [1.165, 1.54) is 12.4 Å². The van der Waals surface area contributed by atoms with Crippen LogP contribution in [-0.2, 0) is 4.74 Å². The van der Waals surface area contributed by atoms with Crippen LogP contribution < -0.4 is 10.6 Å². The Kier molecular flexibility index (Phi) is 5.25. The summed E-state index contributed by atoms with van der Waals surface area (Å²) in [6, 6.07) is 3.20. The molecule has 1 aliphatic carbocycles. The van der Waals surface area contributed by atoms with E-state index in [4.69, 9.17) is 10.1 Å². The van der Waals surface area contributed by atoms with E-state index >= 15 is 0 Å². The van der Waals surface area contributed by atoms with Crippen LogP contribution in [-0.4, -0.2) is 35.7 Å². The zero-order valence-electron chi connectivity index (χ0n) is 15.0. The third-order valence-corrected chi connectivity index (χ3v) is 3.83. The number of nitrogens with one attached hydrogen (secondary N) is 3. The predicted molar refractivity (Wildman–Crippen MR) is 96.0 cm³/mol. The fraction of sp³-hybridized carbons (Fsp3) is 0.444. The number of Topliss-reactive ketones (excluding diaryl/α,β-unsaturated/α-hetero) is 1. The van der Waals surface area contributed by atoms with Gasteiger partial charge in [-0.1, -0.05) is 0 Å². The number of rotatable bonds is 6. The highest BCUT2D eigenvalue weighted by Crippen LogP contribution is 2.53. The Morgan fingerprint density at radius 3 is 2.44 bits per heavy atom. The summed E-state index contributed by atoms with van der Waals surface area (Å²) < 4.78 is 5.17. The maximum absolute atomic E-state index is 12.8. The summed E-state index contributed by atoms with van der Waals surface area (Å²) >= 11 is 0. The minimum Gasteiger partial charge on any atom is -0.444 e. The number of aromatic nitrogens is 1. The summed E-state index contributed by atoms with van der Waals surface area (Å²) in [6.45, 7) is 5.34. The maximum Gasteiger partial charge on any atom is 0.412 e. The van der Waals surface area contributed by atoms with Gasteiger partial charge in [0.25, 0.3) is 0 Å². The number of amides is 1. The van der Waals surface area contributed by atoms with Crippen molar-refractivity contribution in [3.63, 3.8) is 0 Å². The number of anilines is 1. The van der Waals surface area contributed by atoms with E-state index in [1.54, 1.807) is 46.2 Å². The molecule has 25 heavy (non-hydrogen) atoms. The molecule has 3 N–H and O–H groups in total. The highest BCUT2D eigenvalue weighted by atomic mass is 16.6. The Morgan fingerprint density at radius 2 is 2.00 bits per heavy atom. The minimum absolute atomic E-state index is 0.110. The molecule has 1 fully saturated rings. The smallest absolute Gasteiger partial charge is 0.412 e. The second-order valence-corrected chi connectivity index (χ2v) is 7.00. The molecule has 1 aromatic heterocycles. The second-order valence-electron chi connectivity index (χ2n) is 7.00. The van der Waals surface area contributed by atoms with Gasteiger partial charge in [0.15, 0.2) is 5.78 Å². The number of carbonyl (C=O) groups excluding carboxylic acids is 2. The summed E-state index contributed by atoms with van der Waals surface area (Å²) in [4.78, 5) is 28.7. The van der Waals surface area contributed by atoms with Crippen LogP contribution in [0.2, 0.25) is 0 Å². The van der Waals surface area contributed by atoms with Gasteiger partial charge in [-0.25, -0.2) is 4.79 Å². The SMILES string of the molecule is CN/C=C(\C=N)C1(C(=O)c2ccc(NC(=O)OC(C)(C)C)cn2)CC1. The Bertz CT molecular complexity index is 698. The number of nitrogens with zero attached hydrogens (tertiary/aromatic N) is 1. The zero-order chi connectivity index (χ0) is 18.7. The van der Waals surface area contributed by atoms with E-state index in [2.05, 4.69) is 15.6 Å². The van der Waals surface area contributed by atoms with Crippen molar-refractivity contribution < 1.29 is 14.3 Å². The average Bonchev–Trinajstić information content (AvgIpc) is 3.32. The molecule has 0 saturated heterocycles. The fourth-order valence-electron chi connectivity index (χ4n) is 2.51. The topological polar surface area (TPSA) is 104 Å². The lowest BCUT2D eigenvalue weighted by atomic mass is 9.90. The highest BCUT2D eigenvalue weighted by Gasteiger charge is 2.52. The van der Waals surface area contributed by atoms with E-state index in [-0.39, 0.29) is 5.78 Å². The molecule has 7 nitrogen and oxygen atoms in total. The number of hydrogen-bond donors (Lipinski definition) is 3. The van der Waals surface area contributed by atoms with E-state index < -0.39 is 17.1 Å². The molecular weight excluding hydrogens is 320 g/mol. The molecule has 0 unspecified atom stereocenters. The van der Waals surface area contributed by atoms with Crippen LogP contribution in [0.1, 0.15) is 44.1 Å². The van der Waals surface area contributed by atoms with E-state index in [0.717, 1.165) is 0 Å². The zero-order valence-corrected chi connectivity index (χ0v) is 15.0. The van der Waals surface area contributed by atoms with Crippen molar-refractivity contribution in [1.82, 2.24) is 10.3 Å². The molecule has 1 amide bonds. The van der Waals surface area contributed by atoms with Gasteiger partial charge in [0.1, 0.15) is 11.3 Å². The molecule has 0 radical (unpaired) electrons. The van der Waals surface area contributed by atoms with Crippen molar-refractivity contribution in [2.45, 2.75) is 39.2 Å². The number of carbonyl (C=O) groups is 2. The minimum atomic E-state index is -0.655. The first-order valence-electron chi connectivity index (χ1n) is 8.11. The van der Waals surface area contributed by atoms with Crippen molar-refractivity contribution in [3.05, 3.63) is 35.8 Å². The third-order valence-electron chi connectivity index (χ3n) is 3.83. The first kappa shape index (κ1) is 18.6. The Morgan fingerprint density at radius 1 is 1.32 bits per heavy atom. The quantitative estimate of drug-likeness (QED) is 0.543. The van der Waals surface area contributed by atoms with E-state index in [1.807, 2.05) is 0 Å². The van der Waals surface area contributed by atoms with Gasteiger partial charge in [-0.3, -0.25) is 15.1 Å². The molecule has 7 heteroatoms. The van der Waals surface area contributed by atoms with Gasteiger partial charge in [0.05, 0.1) is 17.3 Å². The molecule has 1 saturated carbocycles. The van der Waals surface area contributed by atoms with Gasteiger partial charge in [0, 0.05) is 19.5 Å². The molecule has 1 aromatic rings. The molecule has 1 heterocycles. The molecule has 0 spiro atoms.